The molecule has 0 aromatic rings. The van der Waals surface area contributed by atoms with Crippen molar-refractivity contribution in [3.8, 4) is 0 Å². The SMILES string of the molecule is CON1C(=O)CCCCCCCCCC/C=C(/C)CC1C. The Morgan fingerprint density at radius 2 is 1.62 bits per heavy atom. The molecule has 0 fully saturated rings. The standard InChI is InChI=1S/C18H33NO2/c1-16-13-11-9-7-5-4-6-8-10-12-14-18(20)19(21-3)17(2)15-16/h13,17H,4-12,14-15H2,1-3H3/b16-13-. The van der Waals surface area contributed by atoms with Crippen molar-refractivity contribution in [1.82, 2.24) is 5.06 Å². The number of carbonyl (C=O) groups excluding carboxylic acids is 1. The summed E-state index contributed by atoms with van der Waals surface area (Å²) in [5.74, 6) is 0.130. The molecule has 0 N–H and O–H groups in total. The van der Waals surface area contributed by atoms with Crippen molar-refractivity contribution in [3.05, 3.63) is 11.6 Å². The average Bonchev–Trinajstić information content (AvgIpc) is 2.44. The van der Waals surface area contributed by atoms with Crippen LogP contribution in [0.3, 0.4) is 0 Å². The average molecular weight is 295 g/mol. The Morgan fingerprint density at radius 1 is 1.05 bits per heavy atom. The van der Waals surface area contributed by atoms with E-state index < -0.39 is 0 Å². The Labute approximate surface area is 130 Å². The van der Waals surface area contributed by atoms with Crippen molar-refractivity contribution < 1.29 is 9.63 Å². The smallest absolute Gasteiger partial charge is 0.246 e. The zero-order chi connectivity index (χ0) is 15.5. The lowest BCUT2D eigenvalue weighted by Gasteiger charge is -2.27. The summed E-state index contributed by atoms with van der Waals surface area (Å²) < 4.78 is 0. The van der Waals surface area contributed by atoms with E-state index in [1.54, 1.807) is 12.2 Å². The normalized spacial score (nSPS) is 27.2. The molecule has 0 spiro atoms. The van der Waals surface area contributed by atoms with Gasteiger partial charge < -0.3 is 0 Å². The fourth-order valence-corrected chi connectivity index (χ4v) is 3.10. The van der Waals surface area contributed by atoms with Gasteiger partial charge >= 0.3 is 0 Å². The highest BCUT2D eigenvalue weighted by Crippen LogP contribution is 2.17. The van der Waals surface area contributed by atoms with E-state index in [1.165, 1.54) is 50.5 Å². The number of allylic oxidation sites excluding steroid dienone is 1. The summed E-state index contributed by atoms with van der Waals surface area (Å²) in [6.07, 6.45) is 15.1. The molecule has 1 amide bonds. The second kappa shape index (κ2) is 10.8. The highest BCUT2D eigenvalue weighted by molar-refractivity contribution is 5.75. The van der Waals surface area contributed by atoms with Gasteiger partial charge in [0.25, 0.3) is 0 Å². The molecule has 3 nitrogen and oxygen atoms in total. The number of hydrogen-bond acceptors (Lipinski definition) is 2. The lowest BCUT2D eigenvalue weighted by molar-refractivity contribution is -0.186. The van der Waals surface area contributed by atoms with E-state index in [9.17, 15) is 4.79 Å². The first kappa shape index (κ1) is 18.2. The molecule has 0 aromatic carbocycles. The van der Waals surface area contributed by atoms with Gasteiger partial charge in [-0.15, -0.1) is 0 Å². The fourth-order valence-electron chi connectivity index (χ4n) is 3.10. The van der Waals surface area contributed by atoms with Gasteiger partial charge in [0.05, 0.1) is 13.2 Å². The van der Waals surface area contributed by atoms with Crippen LogP contribution in [0.15, 0.2) is 11.6 Å². The molecule has 0 aliphatic carbocycles. The lowest BCUT2D eigenvalue weighted by Crippen LogP contribution is -2.37. The summed E-state index contributed by atoms with van der Waals surface area (Å²) in [6.45, 7) is 4.24. The number of carbonyl (C=O) groups is 1. The Bertz CT molecular complexity index is 325. The van der Waals surface area contributed by atoms with Crippen LogP contribution in [-0.4, -0.2) is 24.1 Å². The largest absolute Gasteiger partial charge is 0.274 e. The van der Waals surface area contributed by atoms with Crippen molar-refractivity contribution in [2.24, 2.45) is 0 Å². The maximum absolute atomic E-state index is 12.2. The van der Waals surface area contributed by atoms with Gasteiger partial charge in [0, 0.05) is 6.42 Å². The minimum atomic E-state index is 0.117. The van der Waals surface area contributed by atoms with E-state index in [0.717, 1.165) is 19.3 Å². The molecule has 122 valence electrons. The maximum atomic E-state index is 12.2. The van der Waals surface area contributed by atoms with Gasteiger partial charge in [-0.25, -0.2) is 5.06 Å². The third-order valence-electron chi connectivity index (χ3n) is 4.30. The molecule has 1 rings (SSSR count). The third-order valence-corrected chi connectivity index (χ3v) is 4.30. The predicted molar refractivity (Wildman–Crippen MR) is 87.9 cm³/mol. The number of hydrogen-bond donors (Lipinski definition) is 0. The van der Waals surface area contributed by atoms with Crippen LogP contribution in [0.5, 0.6) is 0 Å². The van der Waals surface area contributed by atoms with Crippen LogP contribution in [0, 0.1) is 0 Å². The van der Waals surface area contributed by atoms with E-state index in [0.29, 0.717) is 6.42 Å². The molecule has 1 unspecified atom stereocenters. The van der Waals surface area contributed by atoms with Crippen LogP contribution in [-0.2, 0) is 9.63 Å². The van der Waals surface area contributed by atoms with Gasteiger partial charge in [-0.05, 0) is 39.5 Å². The van der Waals surface area contributed by atoms with Crippen LogP contribution in [0.2, 0.25) is 0 Å². The minimum Gasteiger partial charge on any atom is -0.274 e. The van der Waals surface area contributed by atoms with Crippen LogP contribution >= 0.6 is 0 Å². The monoisotopic (exact) mass is 295 g/mol. The predicted octanol–water partition coefficient (Wildman–Crippen LogP) is 5.02. The van der Waals surface area contributed by atoms with Crippen molar-refractivity contribution >= 4 is 5.91 Å². The molecule has 21 heavy (non-hydrogen) atoms. The molecule has 1 heterocycles. The molecular formula is C18H33NO2. The van der Waals surface area contributed by atoms with Crippen molar-refractivity contribution in [2.75, 3.05) is 7.11 Å². The molecule has 1 aliphatic rings. The molecule has 0 aromatic heterocycles. The summed E-state index contributed by atoms with van der Waals surface area (Å²) in [4.78, 5) is 17.6. The van der Waals surface area contributed by atoms with E-state index in [2.05, 4.69) is 19.9 Å². The number of amides is 1. The molecule has 0 bridgehead atoms. The van der Waals surface area contributed by atoms with Gasteiger partial charge in [0.1, 0.15) is 0 Å². The van der Waals surface area contributed by atoms with Crippen molar-refractivity contribution in [1.29, 1.82) is 0 Å². The van der Waals surface area contributed by atoms with Gasteiger partial charge in [0.15, 0.2) is 0 Å². The van der Waals surface area contributed by atoms with E-state index in [-0.39, 0.29) is 11.9 Å². The summed E-state index contributed by atoms with van der Waals surface area (Å²) >= 11 is 0. The second-order valence-electron chi connectivity index (χ2n) is 6.37. The first-order valence-electron chi connectivity index (χ1n) is 8.67. The summed E-state index contributed by atoms with van der Waals surface area (Å²) in [6, 6.07) is 0.117. The van der Waals surface area contributed by atoms with Crippen molar-refractivity contribution in [3.63, 3.8) is 0 Å². The summed E-state index contributed by atoms with van der Waals surface area (Å²) in [7, 11) is 1.60. The van der Waals surface area contributed by atoms with Crippen LogP contribution in [0.4, 0.5) is 0 Å². The van der Waals surface area contributed by atoms with Crippen LogP contribution in [0.1, 0.15) is 84.5 Å². The molecule has 3 heteroatoms. The first-order valence-corrected chi connectivity index (χ1v) is 8.67. The van der Waals surface area contributed by atoms with Crippen molar-refractivity contribution in [2.45, 2.75) is 90.5 Å². The minimum absolute atomic E-state index is 0.117. The molecule has 0 saturated carbocycles. The van der Waals surface area contributed by atoms with E-state index >= 15 is 0 Å². The van der Waals surface area contributed by atoms with Gasteiger partial charge in [0.2, 0.25) is 5.91 Å². The molecule has 0 saturated heterocycles. The first-order chi connectivity index (χ1) is 10.1. The molecule has 1 atom stereocenters. The lowest BCUT2D eigenvalue weighted by atomic mass is 10.0. The quantitative estimate of drug-likeness (QED) is 0.636. The Hall–Kier alpha value is -0.830. The summed E-state index contributed by atoms with van der Waals surface area (Å²) in [5, 5.41) is 1.57. The number of hydroxylamine groups is 2. The highest BCUT2D eigenvalue weighted by atomic mass is 16.7. The number of nitrogens with zero attached hydrogens (tertiary/aromatic N) is 1. The van der Waals surface area contributed by atoms with Crippen LogP contribution in [0.25, 0.3) is 0 Å². The van der Waals surface area contributed by atoms with Gasteiger partial charge in [-0.2, -0.15) is 0 Å². The van der Waals surface area contributed by atoms with Crippen LogP contribution < -0.4 is 0 Å². The molecule has 1 aliphatic heterocycles. The topological polar surface area (TPSA) is 29.5 Å². The molecular weight excluding hydrogens is 262 g/mol. The van der Waals surface area contributed by atoms with Gasteiger partial charge in [-0.1, -0.05) is 50.2 Å². The van der Waals surface area contributed by atoms with Gasteiger partial charge in [-0.3, -0.25) is 9.63 Å². The van der Waals surface area contributed by atoms with E-state index in [4.69, 9.17) is 4.84 Å². The zero-order valence-electron chi connectivity index (χ0n) is 14.2. The zero-order valence-corrected chi connectivity index (χ0v) is 14.2. The number of rotatable bonds is 1. The Morgan fingerprint density at radius 3 is 2.24 bits per heavy atom. The molecule has 0 radical (unpaired) electrons. The maximum Gasteiger partial charge on any atom is 0.246 e. The fraction of sp³-hybridized carbons (Fsp3) is 0.833. The third kappa shape index (κ3) is 7.66. The highest BCUT2D eigenvalue weighted by Gasteiger charge is 2.19. The second-order valence-corrected chi connectivity index (χ2v) is 6.37. The summed E-state index contributed by atoms with van der Waals surface area (Å²) in [5.41, 5.74) is 1.37. The Kier molecular flexibility index (Phi) is 9.40. The Balaban J connectivity index is 2.59. The van der Waals surface area contributed by atoms with E-state index in [1.807, 2.05) is 0 Å².